The Morgan fingerprint density at radius 1 is 0.975 bits per heavy atom. The van der Waals surface area contributed by atoms with Crippen molar-refractivity contribution in [2.75, 3.05) is 12.3 Å². The largest absolute Gasteiger partial charge is 0.471 e. The van der Waals surface area contributed by atoms with Crippen molar-refractivity contribution in [3.8, 4) is 5.88 Å². The Bertz CT molecular complexity index is 1300. The third kappa shape index (κ3) is 6.59. The van der Waals surface area contributed by atoms with E-state index in [-0.39, 0.29) is 34.5 Å². The van der Waals surface area contributed by atoms with Crippen LogP contribution < -0.4 is 10.5 Å². The van der Waals surface area contributed by atoms with E-state index in [1.807, 2.05) is 34.9 Å². The first kappa shape index (κ1) is 30.6. The molecule has 1 aromatic carbocycles. The number of anilines is 1. The van der Waals surface area contributed by atoms with Gasteiger partial charge < -0.3 is 24.1 Å². The average Bonchev–Trinajstić information content (AvgIpc) is 3.44. The highest BCUT2D eigenvalue weighted by Crippen LogP contribution is 2.43. The number of rotatable bonds is 9. The third-order valence-electron chi connectivity index (χ3n) is 8.78. The number of fused-ring (bicyclic) bond motifs is 1. The van der Waals surface area contributed by atoms with Gasteiger partial charge in [0.15, 0.2) is 27.8 Å². The van der Waals surface area contributed by atoms with Gasteiger partial charge in [-0.3, -0.25) is 4.57 Å². The number of hydrogen-bond acceptors (Lipinski definition) is 8. The van der Waals surface area contributed by atoms with Crippen molar-refractivity contribution in [1.29, 1.82) is 0 Å². The first-order chi connectivity index (χ1) is 18.5. The number of aromatic nitrogens is 4. The lowest BCUT2D eigenvalue weighted by molar-refractivity contribution is -0.0383. The number of ether oxygens (including phenoxy) is 2. The number of hydrogen-bond donors (Lipinski definition) is 1. The quantitative estimate of drug-likeness (QED) is 0.277. The minimum Gasteiger partial charge on any atom is -0.471 e. The zero-order valence-corrected chi connectivity index (χ0v) is 27.8. The molecule has 2 aromatic heterocycles. The summed E-state index contributed by atoms with van der Waals surface area (Å²) in [5.74, 6) is 0.483. The lowest BCUT2D eigenvalue weighted by Gasteiger charge is -2.40. The van der Waals surface area contributed by atoms with Crippen LogP contribution in [0.2, 0.25) is 36.3 Å². The molecule has 11 heteroatoms. The highest BCUT2D eigenvalue weighted by molar-refractivity contribution is 6.74. The van der Waals surface area contributed by atoms with E-state index < -0.39 is 16.6 Å². The van der Waals surface area contributed by atoms with Gasteiger partial charge in [-0.1, -0.05) is 71.9 Å². The summed E-state index contributed by atoms with van der Waals surface area (Å²) in [6, 6.07) is 9.92. The van der Waals surface area contributed by atoms with Crippen molar-refractivity contribution < 1.29 is 18.3 Å². The predicted octanol–water partition coefficient (Wildman–Crippen LogP) is 6.69. The van der Waals surface area contributed by atoms with Crippen molar-refractivity contribution in [3.05, 3.63) is 42.2 Å². The van der Waals surface area contributed by atoms with Crippen LogP contribution in [0.4, 0.5) is 5.95 Å². The molecule has 2 N–H and O–H groups in total. The first-order valence-corrected chi connectivity index (χ1v) is 19.9. The summed E-state index contributed by atoms with van der Waals surface area (Å²) in [5.41, 5.74) is 8.29. The number of benzene rings is 1. The number of nitrogens with zero attached hydrogens (tertiary/aromatic N) is 4. The van der Waals surface area contributed by atoms with Gasteiger partial charge in [0, 0.05) is 6.42 Å². The maximum absolute atomic E-state index is 6.94. The number of nitrogens with two attached hydrogens (primary N) is 1. The van der Waals surface area contributed by atoms with Crippen LogP contribution in [0.3, 0.4) is 0 Å². The van der Waals surface area contributed by atoms with Crippen LogP contribution >= 0.6 is 0 Å². The molecule has 3 atom stereocenters. The van der Waals surface area contributed by atoms with Crippen LogP contribution in [0, 0.1) is 0 Å². The Morgan fingerprint density at radius 2 is 1.62 bits per heavy atom. The summed E-state index contributed by atoms with van der Waals surface area (Å²) in [6.07, 6.45) is 1.75. The van der Waals surface area contributed by atoms with E-state index in [1.165, 1.54) is 0 Å². The maximum Gasteiger partial charge on any atom is 0.247 e. The molecule has 0 amide bonds. The van der Waals surface area contributed by atoms with Gasteiger partial charge in [0.05, 0.1) is 19.0 Å². The molecule has 0 bridgehead atoms. The molecule has 220 valence electrons. The predicted molar refractivity (Wildman–Crippen MR) is 164 cm³/mol. The highest BCUT2D eigenvalue weighted by Gasteiger charge is 2.47. The zero-order valence-electron chi connectivity index (χ0n) is 25.8. The van der Waals surface area contributed by atoms with Crippen LogP contribution in [-0.2, 0) is 20.2 Å². The van der Waals surface area contributed by atoms with E-state index in [0.29, 0.717) is 36.7 Å². The normalized spacial score (nSPS) is 20.8. The second kappa shape index (κ2) is 11.2. The van der Waals surface area contributed by atoms with Crippen LogP contribution in [0.15, 0.2) is 36.7 Å². The number of nitrogen functional groups attached to an aromatic ring is 1. The van der Waals surface area contributed by atoms with Gasteiger partial charge in [0.1, 0.15) is 18.9 Å². The lowest BCUT2D eigenvalue weighted by Crippen LogP contribution is -2.48. The van der Waals surface area contributed by atoms with Gasteiger partial charge >= 0.3 is 0 Å². The summed E-state index contributed by atoms with van der Waals surface area (Å²) >= 11 is 0. The smallest absolute Gasteiger partial charge is 0.247 e. The SMILES string of the molecule is CC(C)(C)[Si](C)(C)OC[C@H]1O[C@@H](n2cnc3c(OCc4ccccc4)nc(N)nc32)C[C@@H]1O[Si](C)(C)C(C)(C)C. The Kier molecular flexibility index (Phi) is 8.55. The van der Waals surface area contributed by atoms with Gasteiger partial charge in [-0.25, -0.2) is 4.98 Å². The molecule has 4 rings (SSSR count). The molecule has 3 aromatic rings. The average molecular weight is 586 g/mol. The standard InChI is InChI=1S/C29H47N5O4Si2/c1-28(2,3)39(7,8)36-18-22-21(38-40(9,10)29(4,5)6)16-23(37-22)34-19-31-24-25(34)32-27(30)33-26(24)35-17-20-14-12-11-13-15-20/h11-15,19,21-23H,16-18H2,1-10H3,(H2,30,32,33)/t21-,22+,23+/m0/s1. The Labute approximate surface area is 241 Å². The molecule has 0 unspecified atom stereocenters. The van der Waals surface area contributed by atoms with Gasteiger partial charge in [-0.2, -0.15) is 9.97 Å². The van der Waals surface area contributed by atoms with Gasteiger partial charge in [0.2, 0.25) is 11.8 Å². The molecule has 0 spiro atoms. The zero-order chi connectivity index (χ0) is 29.5. The molecule has 9 nitrogen and oxygen atoms in total. The van der Waals surface area contributed by atoms with E-state index in [1.54, 1.807) is 6.33 Å². The summed E-state index contributed by atoms with van der Waals surface area (Å²) in [6.45, 7) is 23.5. The maximum atomic E-state index is 6.94. The fourth-order valence-corrected chi connectivity index (χ4v) is 6.52. The number of imidazole rings is 1. The van der Waals surface area contributed by atoms with Crippen molar-refractivity contribution in [3.63, 3.8) is 0 Å². The van der Waals surface area contributed by atoms with E-state index in [4.69, 9.17) is 24.1 Å². The molecule has 1 aliphatic heterocycles. The summed E-state index contributed by atoms with van der Waals surface area (Å²) in [7, 11) is -4.05. The second-order valence-corrected chi connectivity index (χ2v) is 23.4. The Morgan fingerprint density at radius 3 is 2.25 bits per heavy atom. The van der Waals surface area contributed by atoms with Crippen molar-refractivity contribution in [2.45, 2.75) is 109 Å². The van der Waals surface area contributed by atoms with Crippen LogP contribution in [0.25, 0.3) is 11.2 Å². The second-order valence-electron chi connectivity index (χ2n) is 13.8. The highest BCUT2D eigenvalue weighted by atomic mass is 28.4. The molecular weight excluding hydrogens is 539 g/mol. The van der Waals surface area contributed by atoms with Crippen molar-refractivity contribution >= 4 is 33.7 Å². The topological polar surface area (TPSA) is 107 Å². The van der Waals surface area contributed by atoms with Gasteiger partial charge in [-0.05, 0) is 41.8 Å². The summed E-state index contributed by atoms with van der Waals surface area (Å²) in [5, 5.41) is 0.177. The van der Waals surface area contributed by atoms with Crippen molar-refractivity contribution in [2.24, 2.45) is 0 Å². The van der Waals surface area contributed by atoms with Crippen LogP contribution in [0.5, 0.6) is 5.88 Å². The Hall–Kier alpha value is -2.32. The fraction of sp³-hybridized carbons (Fsp3) is 0.621. The van der Waals surface area contributed by atoms with Crippen LogP contribution in [0.1, 0.15) is 59.8 Å². The monoisotopic (exact) mass is 585 g/mol. The summed E-state index contributed by atoms with van der Waals surface area (Å²) in [4.78, 5) is 13.5. The molecule has 3 heterocycles. The summed E-state index contributed by atoms with van der Waals surface area (Å²) < 4.78 is 28.2. The molecule has 0 aliphatic carbocycles. The molecule has 0 radical (unpaired) electrons. The van der Waals surface area contributed by atoms with E-state index in [2.05, 4.69) is 82.7 Å². The first-order valence-electron chi connectivity index (χ1n) is 14.1. The minimum absolute atomic E-state index is 0.0737. The van der Waals surface area contributed by atoms with E-state index >= 15 is 0 Å². The lowest BCUT2D eigenvalue weighted by atomic mass is 10.2. The van der Waals surface area contributed by atoms with E-state index in [9.17, 15) is 0 Å². The fourth-order valence-electron chi connectivity index (χ4n) is 4.15. The molecule has 0 saturated carbocycles. The molecule has 1 fully saturated rings. The van der Waals surface area contributed by atoms with Crippen molar-refractivity contribution in [1.82, 2.24) is 19.5 Å². The molecule has 40 heavy (non-hydrogen) atoms. The van der Waals surface area contributed by atoms with Crippen LogP contribution in [-0.4, -0.2) is 55.0 Å². The van der Waals surface area contributed by atoms with E-state index in [0.717, 1.165) is 5.56 Å². The van der Waals surface area contributed by atoms with Gasteiger partial charge in [0.25, 0.3) is 0 Å². The molecule has 1 saturated heterocycles. The Balaban J connectivity index is 1.61. The molecular formula is C29H47N5O4Si2. The minimum atomic E-state index is -2.07. The third-order valence-corrected chi connectivity index (χ3v) is 17.8. The molecule has 1 aliphatic rings. The van der Waals surface area contributed by atoms with Gasteiger partial charge in [-0.15, -0.1) is 0 Å².